The molecule has 1 aromatic carbocycles. The number of fused-ring (bicyclic) bond motifs is 1. The number of benzene rings is 1. The summed E-state index contributed by atoms with van der Waals surface area (Å²) in [6.45, 7) is 2.23. The van der Waals surface area contributed by atoms with E-state index >= 15 is 0 Å². The largest absolute Gasteiger partial charge is 0.491 e. The van der Waals surface area contributed by atoms with Crippen molar-refractivity contribution >= 4 is 5.96 Å². The summed E-state index contributed by atoms with van der Waals surface area (Å²) in [5, 5.41) is 0. The van der Waals surface area contributed by atoms with Crippen LogP contribution in [0.2, 0.25) is 0 Å². The predicted octanol–water partition coefficient (Wildman–Crippen LogP) is 2.03. The summed E-state index contributed by atoms with van der Waals surface area (Å²) in [6.07, 6.45) is 6.23. The van der Waals surface area contributed by atoms with Crippen LogP contribution >= 0.6 is 0 Å². The molecular formula is C16H24N4O. The number of nitrogens with two attached hydrogens (primary N) is 1. The molecule has 3 N–H and O–H groups in total. The van der Waals surface area contributed by atoms with Crippen LogP contribution in [-0.4, -0.2) is 30.1 Å². The lowest BCUT2D eigenvalue weighted by atomic mass is 9.96. The molecule has 21 heavy (non-hydrogen) atoms. The second-order valence-corrected chi connectivity index (χ2v) is 5.77. The van der Waals surface area contributed by atoms with Crippen molar-refractivity contribution in [1.29, 1.82) is 0 Å². The topological polar surface area (TPSA) is 62.9 Å². The summed E-state index contributed by atoms with van der Waals surface area (Å²) in [6, 6.07) is 8.57. The highest BCUT2D eigenvalue weighted by atomic mass is 16.5. The Balaban J connectivity index is 1.76. The molecule has 1 heterocycles. The molecule has 114 valence electrons. The van der Waals surface area contributed by atoms with Gasteiger partial charge in [-0.05, 0) is 18.9 Å². The van der Waals surface area contributed by atoms with Crippen molar-refractivity contribution < 1.29 is 4.74 Å². The van der Waals surface area contributed by atoms with E-state index in [-0.39, 0.29) is 0 Å². The maximum absolute atomic E-state index is 5.80. The SMILES string of the molecule is NNC(=NC1CCCCC1)N1CCOc2ccccc2C1. The Morgan fingerprint density at radius 1 is 1.24 bits per heavy atom. The molecule has 1 aliphatic carbocycles. The Kier molecular flexibility index (Phi) is 4.60. The molecule has 0 spiro atoms. The average molecular weight is 288 g/mol. The number of nitrogens with one attached hydrogen (secondary N) is 1. The van der Waals surface area contributed by atoms with E-state index in [9.17, 15) is 0 Å². The quantitative estimate of drug-likeness (QED) is 0.359. The van der Waals surface area contributed by atoms with E-state index in [0.717, 1.165) is 24.8 Å². The standard InChI is InChI=1S/C16H24N4O/c17-19-16(18-14-7-2-1-3-8-14)20-10-11-21-15-9-5-4-6-13(15)12-20/h4-6,9,14H,1-3,7-8,10-12,17H2,(H,18,19). The fourth-order valence-electron chi connectivity index (χ4n) is 3.10. The van der Waals surface area contributed by atoms with Crippen molar-refractivity contribution in [1.82, 2.24) is 10.3 Å². The van der Waals surface area contributed by atoms with Crippen LogP contribution in [0.1, 0.15) is 37.7 Å². The minimum Gasteiger partial charge on any atom is -0.491 e. The summed E-state index contributed by atoms with van der Waals surface area (Å²) in [4.78, 5) is 7.02. The molecule has 0 saturated heterocycles. The zero-order valence-corrected chi connectivity index (χ0v) is 12.4. The van der Waals surface area contributed by atoms with Crippen molar-refractivity contribution in [3.8, 4) is 5.75 Å². The number of rotatable bonds is 1. The number of hydrazine groups is 1. The van der Waals surface area contributed by atoms with Gasteiger partial charge < -0.3 is 9.64 Å². The molecule has 1 saturated carbocycles. The molecule has 2 aliphatic rings. The molecule has 1 fully saturated rings. The van der Waals surface area contributed by atoms with E-state index < -0.39 is 0 Å². The number of nitrogens with zero attached hydrogens (tertiary/aromatic N) is 2. The first-order valence-electron chi connectivity index (χ1n) is 7.87. The van der Waals surface area contributed by atoms with Crippen LogP contribution in [0.25, 0.3) is 0 Å². The molecule has 5 heteroatoms. The van der Waals surface area contributed by atoms with E-state index in [1.54, 1.807) is 0 Å². The van der Waals surface area contributed by atoms with Gasteiger partial charge in [-0.2, -0.15) is 0 Å². The molecule has 1 aromatic rings. The highest BCUT2D eigenvalue weighted by Crippen LogP contribution is 2.24. The van der Waals surface area contributed by atoms with Crippen LogP contribution < -0.4 is 16.0 Å². The lowest BCUT2D eigenvalue weighted by Gasteiger charge is -2.26. The van der Waals surface area contributed by atoms with Gasteiger partial charge in [-0.25, -0.2) is 10.8 Å². The van der Waals surface area contributed by atoms with Crippen LogP contribution in [0.4, 0.5) is 0 Å². The van der Waals surface area contributed by atoms with E-state index in [4.69, 9.17) is 15.6 Å². The van der Waals surface area contributed by atoms with Crippen molar-refractivity contribution in [2.45, 2.75) is 44.7 Å². The highest BCUT2D eigenvalue weighted by molar-refractivity contribution is 5.79. The van der Waals surface area contributed by atoms with Gasteiger partial charge in [0.05, 0.1) is 12.6 Å². The van der Waals surface area contributed by atoms with E-state index in [1.165, 1.54) is 37.7 Å². The Morgan fingerprint density at radius 3 is 2.86 bits per heavy atom. The third kappa shape index (κ3) is 3.47. The fourth-order valence-corrected chi connectivity index (χ4v) is 3.10. The average Bonchev–Trinajstić information content (AvgIpc) is 2.76. The summed E-state index contributed by atoms with van der Waals surface area (Å²) in [5.74, 6) is 7.49. The number of hydrogen-bond donors (Lipinski definition) is 2. The molecule has 0 unspecified atom stereocenters. The normalized spacial score (nSPS) is 20.4. The molecule has 0 radical (unpaired) electrons. The third-order valence-electron chi connectivity index (χ3n) is 4.26. The Labute approximate surface area is 126 Å². The monoisotopic (exact) mass is 288 g/mol. The molecule has 0 atom stereocenters. The molecule has 3 rings (SSSR count). The fraction of sp³-hybridized carbons (Fsp3) is 0.562. The maximum Gasteiger partial charge on any atom is 0.209 e. The Bertz CT molecular complexity index is 497. The summed E-state index contributed by atoms with van der Waals surface area (Å²) in [7, 11) is 0. The second kappa shape index (κ2) is 6.80. The Hall–Kier alpha value is -1.75. The van der Waals surface area contributed by atoms with Crippen LogP contribution in [0.3, 0.4) is 0 Å². The molecule has 0 amide bonds. The van der Waals surface area contributed by atoms with E-state index in [0.29, 0.717) is 12.6 Å². The summed E-state index contributed by atoms with van der Waals surface area (Å²) in [5.41, 5.74) is 3.98. The summed E-state index contributed by atoms with van der Waals surface area (Å²) >= 11 is 0. The number of para-hydroxylation sites is 1. The highest BCUT2D eigenvalue weighted by Gasteiger charge is 2.20. The van der Waals surface area contributed by atoms with Crippen molar-refractivity contribution in [2.75, 3.05) is 13.2 Å². The first-order chi connectivity index (χ1) is 10.4. The van der Waals surface area contributed by atoms with Gasteiger partial charge in [-0.3, -0.25) is 5.43 Å². The van der Waals surface area contributed by atoms with Gasteiger partial charge in [0.2, 0.25) is 5.96 Å². The van der Waals surface area contributed by atoms with Gasteiger partial charge in [0, 0.05) is 12.1 Å². The zero-order chi connectivity index (χ0) is 14.5. The lowest BCUT2D eigenvalue weighted by Crippen LogP contribution is -2.46. The van der Waals surface area contributed by atoms with Gasteiger partial charge in [0.25, 0.3) is 0 Å². The van der Waals surface area contributed by atoms with Crippen LogP contribution in [0, 0.1) is 0 Å². The Morgan fingerprint density at radius 2 is 2.05 bits per heavy atom. The van der Waals surface area contributed by atoms with E-state index in [2.05, 4.69) is 16.4 Å². The second-order valence-electron chi connectivity index (χ2n) is 5.77. The third-order valence-corrected chi connectivity index (χ3v) is 4.26. The van der Waals surface area contributed by atoms with Crippen LogP contribution in [-0.2, 0) is 6.54 Å². The minimum absolute atomic E-state index is 0.407. The van der Waals surface area contributed by atoms with Gasteiger partial charge in [0.1, 0.15) is 12.4 Å². The smallest absolute Gasteiger partial charge is 0.209 e. The number of aliphatic imine (C=N–C) groups is 1. The zero-order valence-electron chi connectivity index (χ0n) is 12.4. The minimum atomic E-state index is 0.407. The maximum atomic E-state index is 5.80. The van der Waals surface area contributed by atoms with Gasteiger partial charge in [0.15, 0.2) is 0 Å². The van der Waals surface area contributed by atoms with Crippen LogP contribution in [0.15, 0.2) is 29.3 Å². The molecular weight excluding hydrogens is 264 g/mol. The lowest BCUT2D eigenvalue weighted by molar-refractivity contribution is 0.284. The molecule has 1 aliphatic heterocycles. The first kappa shape index (κ1) is 14.2. The number of ether oxygens (including phenoxy) is 1. The molecule has 5 nitrogen and oxygen atoms in total. The van der Waals surface area contributed by atoms with Gasteiger partial charge >= 0.3 is 0 Å². The first-order valence-corrected chi connectivity index (χ1v) is 7.87. The van der Waals surface area contributed by atoms with Crippen molar-refractivity contribution in [3.63, 3.8) is 0 Å². The molecule has 0 aromatic heterocycles. The van der Waals surface area contributed by atoms with Crippen LogP contribution in [0.5, 0.6) is 5.75 Å². The number of guanidine groups is 1. The summed E-state index contributed by atoms with van der Waals surface area (Å²) < 4.78 is 5.80. The van der Waals surface area contributed by atoms with Gasteiger partial charge in [-0.1, -0.05) is 37.5 Å². The number of hydrogen-bond acceptors (Lipinski definition) is 3. The predicted molar refractivity (Wildman–Crippen MR) is 84.0 cm³/mol. The van der Waals surface area contributed by atoms with E-state index in [1.807, 2.05) is 18.2 Å². The van der Waals surface area contributed by atoms with Crippen molar-refractivity contribution in [2.24, 2.45) is 10.8 Å². The van der Waals surface area contributed by atoms with Gasteiger partial charge in [-0.15, -0.1) is 0 Å². The van der Waals surface area contributed by atoms with Crippen molar-refractivity contribution in [3.05, 3.63) is 29.8 Å². The molecule has 0 bridgehead atoms.